The van der Waals surface area contributed by atoms with E-state index in [1.54, 1.807) is 35.2 Å². The molecule has 24 heavy (non-hydrogen) atoms. The second kappa shape index (κ2) is 6.65. The Balaban J connectivity index is 1.80. The van der Waals surface area contributed by atoms with Gasteiger partial charge in [-0.1, -0.05) is 16.8 Å². The van der Waals surface area contributed by atoms with E-state index >= 15 is 0 Å². The van der Waals surface area contributed by atoms with Crippen molar-refractivity contribution in [2.45, 2.75) is 25.8 Å². The third kappa shape index (κ3) is 3.28. The van der Waals surface area contributed by atoms with E-state index in [-0.39, 0.29) is 24.2 Å². The summed E-state index contributed by atoms with van der Waals surface area (Å²) in [6, 6.07) is 8.56. The average Bonchev–Trinajstić information content (AvgIpc) is 3.05. The molecule has 0 spiro atoms. The highest BCUT2D eigenvalue weighted by atomic mass is 35.5. The lowest BCUT2D eigenvalue weighted by Crippen LogP contribution is -2.47. The first-order valence-electron chi connectivity index (χ1n) is 7.72. The number of piperidine rings is 1. The van der Waals surface area contributed by atoms with Crippen LogP contribution in [0, 0.1) is 5.92 Å². The molecule has 6 nitrogen and oxygen atoms in total. The van der Waals surface area contributed by atoms with E-state index in [2.05, 4.69) is 5.16 Å². The van der Waals surface area contributed by atoms with E-state index in [1.165, 1.54) is 0 Å². The maximum atomic E-state index is 12.7. The normalized spacial score (nSPS) is 20.8. The molecule has 2 unspecified atom stereocenters. The molecule has 1 aliphatic heterocycles. The molecule has 0 radical (unpaired) electrons. The Kier molecular flexibility index (Phi) is 4.57. The molecule has 3 rings (SSSR count). The number of benzene rings is 1. The fraction of sp³-hybridized carbons (Fsp3) is 0.353. The largest absolute Gasteiger partial charge is 0.481 e. The van der Waals surface area contributed by atoms with Crippen LogP contribution in [0.3, 0.4) is 0 Å². The minimum absolute atomic E-state index is 0.0243. The number of amides is 1. The van der Waals surface area contributed by atoms with Gasteiger partial charge in [-0.15, -0.1) is 0 Å². The molecule has 0 aliphatic carbocycles. The summed E-state index contributed by atoms with van der Waals surface area (Å²) >= 11 is 5.86. The Morgan fingerprint density at radius 2 is 2.00 bits per heavy atom. The molecule has 7 heteroatoms. The standard InChI is InChI=1S/C17H17ClN2O4/c1-10-2-3-12(17(22)23)9-20(10)16(21)14-8-15(24-19-14)11-4-6-13(18)7-5-11/h4-8,10,12H,2-3,9H2,1H3,(H,22,23). The van der Waals surface area contributed by atoms with Gasteiger partial charge in [-0.25, -0.2) is 0 Å². The zero-order valence-corrected chi connectivity index (χ0v) is 13.9. The summed E-state index contributed by atoms with van der Waals surface area (Å²) in [5, 5.41) is 13.6. The summed E-state index contributed by atoms with van der Waals surface area (Å²) in [6.07, 6.45) is 1.24. The molecule has 1 aliphatic rings. The Morgan fingerprint density at radius 1 is 1.29 bits per heavy atom. The van der Waals surface area contributed by atoms with Gasteiger partial charge in [0.05, 0.1) is 5.92 Å². The fourth-order valence-corrected chi connectivity index (χ4v) is 2.99. The minimum Gasteiger partial charge on any atom is -0.481 e. The number of hydrogen-bond acceptors (Lipinski definition) is 4. The van der Waals surface area contributed by atoms with Crippen molar-refractivity contribution in [2.24, 2.45) is 5.92 Å². The third-order valence-electron chi connectivity index (χ3n) is 4.35. The van der Waals surface area contributed by atoms with Crippen LogP contribution in [0.1, 0.15) is 30.3 Å². The quantitative estimate of drug-likeness (QED) is 0.919. The predicted octanol–water partition coefficient (Wildman–Crippen LogP) is 3.32. The van der Waals surface area contributed by atoms with Gasteiger partial charge in [-0.3, -0.25) is 9.59 Å². The molecule has 2 atom stereocenters. The molecular weight excluding hydrogens is 332 g/mol. The number of rotatable bonds is 3. The van der Waals surface area contributed by atoms with E-state index in [1.807, 2.05) is 6.92 Å². The smallest absolute Gasteiger partial charge is 0.308 e. The van der Waals surface area contributed by atoms with Crippen molar-refractivity contribution < 1.29 is 19.2 Å². The van der Waals surface area contributed by atoms with Crippen molar-refractivity contribution >= 4 is 23.5 Å². The zero-order chi connectivity index (χ0) is 17.3. The molecular formula is C17H17ClN2O4. The van der Waals surface area contributed by atoms with Crippen molar-refractivity contribution in [3.8, 4) is 11.3 Å². The number of hydrogen-bond donors (Lipinski definition) is 1. The van der Waals surface area contributed by atoms with Gasteiger partial charge < -0.3 is 14.5 Å². The molecule has 126 valence electrons. The molecule has 0 bridgehead atoms. The Morgan fingerprint density at radius 3 is 2.67 bits per heavy atom. The van der Waals surface area contributed by atoms with Crippen LogP contribution in [0.5, 0.6) is 0 Å². The highest BCUT2D eigenvalue weighted by Crippen LogP contribution is 2.26. The van der Waals surface area contributed by atoms with Crippen molar-refractivity contribution in [1.82, 2.24) is 10.1 Å². The summed E-state index contributed by atoms with van der Waals surface area (Å²) in [5.41, 5.74) is 0.943. The zero-order valence-electron chi connectivity index (χ0n) is 13.1. The lowest BCUT2D eigenvalue weighted by Gasteiger charge is -2.35. The second-order valence-electron chi connectivity index (χ2n) is 6.00. The van der Waals surface area contributed by atoms with Gasteiger partial charge in [0.1, 0.15) is 0 Å². The molecule has 1 aromatic heterocycles. The van der Waals surface area contributed by atoms with Crippen LogP contribution in [0.2, 0.25) is 5.02 Å². The number of carbonyl (C=O) groups is 2. The Labute approximate surface area is 144 Å². The van der Waals surface area contributed by atoms with Crippen LogP contribution in [-0.2, 0) is 4.79 Å². The number of nitrogens with zero attached hydrogens (tertiary/aromatic N) is 2. The Hall–Kier alpha value is -2.34. The summed E-state index contributed by atoms with van der Waals surface area (Å²) < 4.78 is 5.26. The SMILES string of the molecule is CC1CCC(C(=O)O)CN1C(=O)c1cc(-c2ccc(Cl)cc2)on1. The van der Waals surface area contributed by atoms with E-state index in [0.29, 0.717) is 23.6 Å². The monoisotopic (exact) mass is 348 g/mol. The van der Waals surface area contributed by atoms with Crippen molar-refractivity contribution in [3.05, 3.63) is 41.0 Å². The predicted molar refractivity (Wildman–Crippen MR) is 87.8 cm³/mol. The Bertz CT molecular complexity index is 756. The van der Waals surface area contributed by atoms with Crippen LogP contribution in [-0.4, -0.2) is 39.6 Å². The number of likely N-dealkylation sites (tertiary alicyclic amines) is 1. The van der Waals surface area contributed by atoms with Crippen LogP contribution in [0.15, 0.2) is 34.9 Å². The van der Waals surface area contributed by atoms with Crippen LogP contribution < -0.4 is 0 Å². The number of aliphatic carboxylic acids is 1. The molecule has 1 amide bonds. The number of carboxylic acid groups (broad SMARTS) is 1. The topological polar surface area (TPSA) is 83.6 Å². The molecule has 2 heterocycles. The minimum atomic E-state index is -0.873. The number of aromatic nitrogens is 1. The molecule has 2 aromatic rings. The first-order chi connectivity index (χ1) is 11.5. The van der Waals surface area contributed by atoms with Gasteiger partial charge in [-0.2, -0.15) is 0 Å². The first kappa shape index (κ1) is 16.5. The maximum Gasteiger partial charge on any atom is 0.308 e. The third-order valence-corrected chi connectivity index (χ3v) is 4.60. The molecule has 1 aromatic carbocycles. The van der Waals surface area contributed by atoms with E-state index in [4.69, 9.17) is 16.1 Å². The number of halogens is 1. The van der Waals surface area contributed by atoms with E-state index in [0.717, 1.165) is 5.56 Å². The number of carboxylic acids is 1. The van der Waals surface area contributed by atoms with Gasteiger partial charge in [-0.05, 0) is 44.0 Å². The summed E-state index contributed by atoms with van der Waals surface area (Å²) in [6.45, 7) is 2.11. The summed E-state index contributed by atoms with van der Waals surface area (Å²) in [4.78, 5) is 25.4. The maximum absolute atomic E-state index is 12.7. The van der Waals surface area contributed by atoms with Crippen molar-refractivity contribution in [2.75, 3.05) is 6.54 Å². The van der Waals surface area contributed by atoms with Crippen LogP contribution in [0.4, 0.5) is 0 Å². The van der Waals surface area contributed by atoms with E-state index in [9.17, 15) is 14.7 Å². The van der Waals surface area contributed by atoms with Crippen LogP contribution >= 0.6 is 11.6 Å². The van der Waals surface area contributed by atoms with E-state index < -0.39 is 11.9 Å². The highest BCUT2D eigenvalue weighted by molar-refractivity contribution is 6.30. The molecule has 1 fully saturated rings. The van der Waals surface area contributed by atoms with Gasteiger partial charge in [0, 0.05) is 29.2 Å². The van der Waals surface area contributed by atoms with Gasteiger partial charge in [0.2, 0.25) is 0 Å². The molecule has 1 N–H and O–H groups in total. The number of carbonyl (C=O) groups excluding carboxylic acids is 1. The van der Waals surface area contributed by atoms with Crippen molar-refractivity contribution in [1.29, 1.82) is 0 Å². The molecule has 0 saturated carbocycles. The lowest BCUT2D eigenvalue weighted by atomic mass is 9.93. The van der Waals surface area contributed by atoms with Crippen molar-refractivity contribution in [3.63, 3.8) is 0 Å². The van der Waals surface area contributed by atoms with Gasteiger partial charge in [0.15, 0.2) is 11.5 Å². The van der Waals surface area contributed by atoms with Gasteiger partial charge in [0.25, 0.3) is 5.91 Å². The first-order valence-corrected chi connectivity index (χ1v) is 8.10. The van der Waals surface area contributed by atoms with Gasteiger partial charge >= 0.3 is 5.97 Å². The highest BCUT2D eigenvalue weighted by Gasteiger charge is 2.34. The fourth-order valence-electron chi connectivity index (χ4n) is 2.86. The lowest BCUT2D eigenvalue weighted by molar-refractivity contribution is -0.143. The average molecular weight is 349 g/mol. The second-order valence-corrected chi connectivity index (χ2v) is 6.44. The summed E-state index contributed by atoms with van der Waals surface area (Å²) in [5.74, 6) is -1.25. The summed E-state index contributed by atoms with van der Waals surface area (Å²) in [7, 11) is 0. The molecule has 1 saturated heterocycles. The van der Waals surface area contributed by atoms with Crippen LogP contribution in [0.25, 0.3) is 11.3 Å².